The molecule has 5 heteroatoms. The number of hydrogen-bond acceptors (Lipinski definition) is 5. The fourth-order valence-corrected chi connectivity index (χ4v) is 7.78. The molecule has 0 aliphatic rings. The van der Waals surface area contributed by atoms with E-state index in [0.717, 1.165) is 93.9 Å². The minimum absolute atomic E-state index is 0.598. The number of benzene rings is 8. The van der Waals surface area contributed by atoms with Crippen molar-refractivity contribution in [1.29, 1.82) is 0 Å². The average molecular weight is 718 g/mol. The van der Waals surface area contributed by atoms with Gasteiger partial charge in [-0.1, -0.05) is 146 Å². The first kappa shape index (κ1) is 31.9. The molecule has 0 saturated carbocycles. The second kappa shape index (κ2) is 13.0. The number of aromatic nitrogens is 3. The number of rotatable bonds is 6. The van der Waals surface area contributed by atoms with Gasteiger partial charge in [-0.25, -0.2) is 15.0 Å². The second-order valence-corrected chi connectivity index (χ2v) is 14.0. The Balaban J connectivity index is 0.947. The minimum atomic E-state index is 0.598. The zero-order valence-electron chi connectivity index (χ0n) is 30.1. The molecule has 262 valence electrons. The smallest absolute Gasteiger partial charge is 0.164 e. The van der Waals surface area contributed by atoms with Gasteiger partial charge in [0.25, 0.3) is 0 Å². The summed E-state index contributed by atoms with van der Waals surface area (Å²) < 4.78 is 12.3. The third kappa shape index (κ3) is 5.53. The molecule has 0 amide bonds. The van der Waals surface area contributed by atoms with Gasteiger partial charge in [0.2, 0.25) is 0 Å². The summed E-state index contributed by atoms with van der Waals surface area (Å²) in [4.78, 5) is 15.2. The second-order valence-electron chi connectivity index (χ2n) is 14.0. The molecule has 3 aromatic heterocycles. The molecule has 0 saturated heterocycles. The van der Waals surface area contributed by atoms with Crippen LogP contribution in [-0.4, -0.2) is 15.0 Å². The summed E-state index contributed by atoms with van der Waals surface area (Å²) in [6.45, 7) is 0. The van der Waals surface area contributed by atoms with Gasteiger partial charge in [-0.3, -0.25) is 0 Å². The highest BCUT2D eigenvalue weighted by molar-refractivity contribution is 6.12. The van der Waals surface area contributed by atoms with Gasteiger partial charge in [0, 0.05) is 38.2 Å². The van der Waals surface area contributed by atoms with Gasteiger partial charge in [-0.2, -0.15) is 0 Å². The molecule has 3 heterocycles. The van der Waals surface area contributed by atoms with E-state index in [2.05, 4.69) is 115 Å². The number of hydrogen-bond donors (Lipinski definition) is 0. The normalized spacial score (nSPS) is 11.6. The number of fused-ring (bicyclic) bond motifs is 6. The van der Waals surface area contributed by atoms with Crippen molar-refractivity contribution in [1.82, 2.24) is 15.0 Å². The molecule has 0 bridgehead atoms. The van der Waals surface area contributed by atoms with E-state index in [9.17, 15) is 0 Å². The molecule has 0 aliphatic heterocycles. The van der Waals surface area contributed by atoms with Crippen LogP contribution in [0.5, 0.6) is 0 Å². The molecule has 0 N–H and O–H groups in total. The van der Waals surface area contributed by atoms with Gasteiger partial charge in [0.05, 0.1) is 0 Å². The van der Waals surface area contributed by atoms with E-state index in [0.29, 0.717) is 17.5 Å². The molecule has 0 fully saturated rings. The van der Waals surface area contributed by atoms with Crippen molar-refractivity contribution in [3.05, 3.63) is 188 Å². The van der Waals surface area contributed by atoms with Crippen LogP contribution in [0.3, 0.4) is 0 Å². The van der Waals surface area contributed by atoms with E-state index in [4.69, 9.17) is 23.8 Å². The lowest BCUT2D eigenvalue weighted by Gasteiger charge is -2.11. The zero-order chi connectivity index (χ0) is 37.0. The van der Waals surface area contributed by atoms with Crippen LogP contribution in [0.25, 0.3) is 111 Å². The summed E-state index contributed by atoms with van der Waals surface area (Å²) in [5.74, 6) is 1.82. The Morgan fingerprint density at radius 3 is 1.48 bits per heavy atom. The van der Waals surface area contributed by atoms with E-state index in [1.165, 1.54) is 0 Å². The van der Waals surface area contributed by atoms with Gasteiger partial charge in [0.15, 0.2) is 17.5 Å². The van der Waals surface area contributed by atoms with Crippen LogP contribution in [0.1, 0.15) is 0 Å². The van der Waals surface area contributed by atoms with Crippen LogP contribution in [-0.2, 0) is 0 Å². The van der Waals surface area contributed by atoms with Crippen LogP contribution in [0, 0.1) is 0 Å². The number of nitrogens with zero attached hydrogens (tertiary/aromatic N) is 3. The predicted octanol–water partition coefficient (Wildman–Crippen LogP) is 13.7. The lowest BCUT2D eigenvalue weighted by atomic mass is 9.96. The first-order valence-corrected chi connectivity index (χ1v) is 18.7. The molecule has 0 aliphatic carbocycles. The monoisotopic (exact) mass is 717 g/mol. The van der Waals surface area contributed by atoms with Crippen LogP contribution < -0.4 is 0 Å². The van der Waals surface area contributed by atoms with E-state index in [1.54, 1.807) is 0 Å². The largest absolute Gasteiger partial charge is 0.456 e. The average Bonchev–Trinajstić information content (AvgIpc) is 3.85. The van der Waals surface area contributed by atoms with Crippen molar-refractivity contribution >= 4 is 43.9 Å². The van der Waals surface area contributed by atoms with Crippen LogP contribution >= 0.6 is 0 Å². The molecule has 0 spiro atoms. The Hall–Kier alpha value is -7.63. The summed E-state index contributed by atoms with van der Waals surface area (Å²) in [6, 6.07) is 64.8. The van der Waals surface area contributed by atoms with E-state index >= 15 is 0 Å². The maximum absolute atomic E-state index is 6.22. The molecule has 56 heavy (non-hydrogen) atoms. The fraction of sp³-hybridized carbons (Fsp3) is 0. The Morgan fingerprint density at radius 1 is 0.268 bits per heavy atom. The van der Waals surface area contributed by atoms with Crippen LogP contribution in [0.4, 0.5) is 0 Å². The van der Waals surface area contributed by atoms with Gasteiger partial charge in [-0.05, 0) is 75.8 Å². The molecule has 11 aromatic rings. The number of para-hydroxylation sites is 2. The highest BCUT2D eigenvalue weighted by Gasteiger charge is 2.18. The Morgan fingerprint density at radius 2 is 0.732 bits per heavy atom. The molecule has 11 rings (SSSR count). The van der Waals surface area contributed by atoms with Crippen molar-refractivity contribution in [3.63, 3.8) is 0 Å². The first-order chi connectivity index (χ1) is 27.7. The molecular formula is C51H31N3O2. The van der Waals surface area contributed by atoms with Crippen molar-refractivity contribution in [2.75, 3.05) is 0 Å². The third-order valence-electron chi connectivity index (χ3n) is 10.6. The highest BCUT2D eigenvalue weighted by atomic mass is 16.3. The third-order valence-corrected chi connectivity index (χ3v) is 10.6. The van der Waals surface area contributed by atoms with Crippen molar-refractivity contribution in [2.24, 2.45) is 0 Å². The van der Waals surface area contributed by atoms with Gasteiger partial charge >= 0.3 is 0 Å². The molecule has 5 nitrogen and oxygen atoms in total. The standard InChI is InChI=1S/C51H31N3O2/c1-2-11-34(12-3-1)49-52-50(54-51(53-49)42-19-10-22-47-48(42)41-18-5-7-21-45(41)56-47)39-16-9-14-36(30-39)33-25-23-32(24-26-33)35-13-8-15-37(29-35)38-27-28-46-43(31-38)40-17-4-6-20-44(40)55-46/h1-31H. The topological polar surface area (TPSA) is 65.0 Å². The van der Waals surface area contributed by atoms with Crippen molar-refractivity contribution in [2.45, 2.75) is 0 Å². The van der Waals surface area contributed by atoms with Gasteiger partial charge in [-0.15, -0.1) is 0 Å². The maximum Gasteiger partial charge on any atom is 0.164 e. The van der Waals surface area contributed by atoms with E-state index < -0.39 is 0 Å². The fourth-order valence-electron chi connectivity index (χ4n) is 7.78. The Kier molecular flexibility index (Phi) is 7.42. The minimum Gasteiger partial charge on any atom is -0.456 e. The highest BCUT2D eigenvalue weighted by Crippen LogP contribution is 2.38. The van der Waals surface area contributed by atoms with Crippen molar-refractivity contribution < 1.29 is 8.83 Å². The van der Waals surface area contributed by atoms with Gasteiger partial charge in [0.1, 0.15) is 22.3 Å². The summed E-state index contributed by atoms with van der Waals surface area (Å²) in [7, 11) is 0. The molecule has 0 radical (unpaired) electrons. The quantitative estimate of drug-likeness (QED) is 0.171. The SMILES string of the molecule is c1ccc(-c2nc(-c3cccc(-c4ccc(-c5cccc(-c6ccc7oc8ccccc8c7c6)c5)cc4)c3)nc(-c3cccc4oc5ccccc5c34)n2)cc1. The maximum atomic E-state index is 6.22. The molecule has 0 unspecified atom stereocenters. The molecular weight excluding hydrogens is 687 g/mol. The Bertz CT molecular complexity index is 3250. The van der Waals surface area contributed by atoms with Crippen LogP contribution in [0.2, 0.25) is 0 Å². The summed E-state index contributed by atoms with van der Waals surface area (Å²) in [6.07, 6.45) is 0. The van der Waals surface area contributed by atoms with E-state index in [1.807, 2.05) is 72.8 Å². The Labute approximate surface area is 322 Å². The predicted molar refractivity (Wildman–Crippen MR) is 227 cm³/mol. The molecule has 8 aromatic carbocycles. The van der Waals surface area contributed by atoms with Crippen LogP contribution in [0.15, 0.2) is 197 Å². The van der Waals surface area contributed by atoms with Crippen molar-refractivity contribution in [3.8, 4) is 67.5 Å². The summed E-state index contributed by atoms with van der Waals surface area (Å²) >= 11 is 0. The lowest BCUT2D eigenvalue weighted by molar-refractivity contribution is 0.668. The number of furan rings is 2. The zero-order valence-corrected chi connectivity index (χ0v) is 30.1. The lowest BCUT2D eigenvalue weighted by Crippen LogP contribution is -2.00. The summed E-state index contributed by atoms with van der Waals surface area (Å²) in [5, 5.41) is 4.28. The van der Waals surface area contributed by atoms with Gasteiger partial charge < -0.3 is 8.83 Å². The summed E-state index contributed by atoms with van der Waals surface area (Å²) in [5.41, 5.74) is 13.0. The van der Waals surface area contributed by atoms with E-state index in [-0.39, 0.29) is 0 Å². The molecule has 0 atom stereocenters. The first-order valence-electron chi connectivity index (χ1n) is 18.7.